The normalized spacial score (nSPS) is 41.0. The fourth-order valence-electron chi connectivity index (χ4n) is 10.1. The van der Waals surface area contributed by atoms with E-state index in [4.69, 9.17) is 0 Å². The standard InChI is InChI=1S/C33H49NO5/c1-20(9-12-29(37)34-27(31(38)39)17-21-7-5-4-6-8-21)24-10-11-25-30-26(14-16-33(24,25)3)32(2)15-13-23(35)18-22(32)19-28(30)36/h4-8,20,22-28,30,35-36H,9-19H2,1-3H3,(H,34,37)(H,38,39)/t20-,22+,23-,24-,25+,26+,27+,28-,30+,32+,33-/m1/s1. The molecule has 0 radical (unpaired) electrons. The maximum atomic E-state index is 12.8. The molecular formula is C33H49NO5. The third-order valence-electron chi connectivity index (χ3n) is 12.2. The molecule has 6 heteroatoms. The molecule has 6 nitrogen and oxygen atoms in total. The second-order valence-electron chi connectivity index (χ2n) is 14.1. The average molecular weight is 540 g/mol. The van der Waals surface area contributed by atoms with Crippen molar-refractivity contribution >= 4 is 11.9 Å². The van der Waals surface area contributed by atoms with Crippen molar-refractivity contribution in [3.8, 4) is 0 Å². The van der Waals surface area contributed by atoms with Crippen LogP contribution in [0.1, 0.15) is 90.5 Å². The topological polar surface area (TPSA) is 107 Å². The van der Waals surface area contributed by atoms with E-state index in [1.165, 1.54) is 6.42 Å². The molecule has 0 heterocycles. The minimum absolute atomic E-state index is 0.173. The number of benzene rings is 1. The number of amides is 1. The van der Waals surface area contributed by atoms with Crippen LogP contribution in [-0.4, -0.2) is 45.4 Å². The molecular weight excluding hydrogens is 490 g/mol. The summed E-state index contributed by atoms with van der Waals surface area (Å²) in [5.74, 6) is 1.51. The lowest BCUT2D eigenvalue weighted by molar-refractivity contribution is -0.174. The molecule has 0 saturated heterocycles. The van der Waals surface area contributed by atoms with Crippen LogP contribution in [0.3, 0.4) is 0 Å². The number of carboxylic acids is 1. The zero-order valence-electron chi connectivity index (χ0n) is 24.0. The van der Waals surface area contributed by atoms with Gasteiger partial charge < -0.3 is 20.6 Å². The van der Waals surface area contributed by atoms with Crippen molar-refractivity contribution in [3.63, 3.8) is 0 Å². The third kappa shape index (κ3) is 5.40. The van der Waals surface area contributed by atoms with Gasteiger partial charge in [-0.1, -0.05) is 51.1 Å². The molecule has 0 unspecified atom stereocenters. The molecule has 11 atom stereocenters. The largest absolute Gasteiger partial charge is 0.480 e. The van der Waals surface area contributed by atoms with E-state index in [0.717, 1.165) is 56.9 Å². The summed E-state index contributed by atoms with van der Waals surface area (Å²) >= 11 is 0. The predicted octanol–water partition coefficient (Wildman–Crippen LogP) is 5.21. The molecule has 1 amide bonds. The summed E-state index contributed by atoms with van der Waals surface area (Å²) in [6.07, 6.45) is 9.15. The van der Waals surface area contributed by atoms with Crippen molar-refractivity contribution in [3.05, 3.63) is 35.9 Å². The number of nitrogens with one attached hydrogen (secondary N) is 1. The predicted molar refractivity (Wildman–Crippen MR) is 151 cm³/mol. The number of rotatable bonds is 8. The number of aliphatic carboxylic acids is 1. The van der Waals surface area contributed by atoms with Gasteiger partial charge in [0.1, 0.15) is 6.04 Å². The number of fused-ring (bicyclic) bond motifs is 5. The van der Waals surface area contributed by atoms with Crippen molar-refractivity contribution in [2.75, 3.05) is 0 Å². The molecule has 0 aliphatic heterocycles. The molecule has 5 rings (SSSR count). The minimum Gasteiger partial charge on any atom is -0.480 e. The molecule has 0 aromatic heterocycles. The van der Waals surface area contributed by atoms with Crippen LogP contribution in [0.4, 0.5) is 0 Å². The van der Waals surface area contributed by atoms with E-state index >= 15 is 0 Å². The lowest BCUT2D eigenvalue weighted by atomic mass is 9.43. The molecule has 1 aromatic rings. The van der Waals surface area contributed by atoms with E-state index in [2.05, 4.69) is 26.1 Å². The highest BCUT2D eigenvalue weighted by atomic mass is 16.4. The highest BCUT2D eigenvalue weighted by Gasteiger charge is 2.62. The summed E-state index contributed by atoms with van der Waals surface area (Å²) in [7, 11) is 0. The molecule has 0 spiro atoms. The van der Waals surface area contributed by atoms with Crippen LogP contribution in [0.5, 0.6) is 0 Å². The highest BCUT2D eigenvalue weighted by molar-refractivity contribution is 5.83. The highest BCUT2D eigenvalue weighted by Crippen LogP contribution is 2.68. The van der Waals surface area contributed by atoms with E-state index in [1.54, 1.807) is 0 Å². The summed E-state index contributed by atoms with van der Waals surface area (Å²) in [5.41, 5.74) is 1.30. The smallest absolute Gasteiger partial charge is 0.326 e. The fraction of sp³-hybridized carbons (Fsp3) is 0.758. The van der Waals surface area contributed by atoms with Gasteiger partial charge in [0.05, 0.1) is 12.2 Å². The number of aliphatic hydroxyl groups excluding tert-OH is 2. The van der Waals surface area contributed by atoms with Crippen LogP contribution < -0.4 is 5.32 Å². The fourth-order valence-corrected chi connectivity index (χ4v) is 10.1. The van der Waals surface area contributed by atoms with Gasteiger partial charge in [0, 0.05) is 12.8 Å². The van der Waals surface area contributed by atoms with E-state index in [-0.39, 0.29) is 35.4 Å². The zero-order chi connectivity index (χ0) is 27.9. The molecule has 4 aliphatic carbocycles. The van der Waals surface area contributed by atoms with Crippen molar-refractivity contribution in [2.24, 2.45) is 46.3 Å². The monoisotopic (exact) mass is 539 g/mol. The van der Waals surface area contributed by atoms with Crippen molar-refractivity contribution in [1.29, 1.82) is 0 Å². The first-order chi connectivity index (χ1) is 18.5. The summed E-state index contributed by atoms with van der Waals surface area (Å²) in [5, 5.41) is 34.2. The van der Waals surface area contributed by atoms with Crippen molar-refractivity contribution < 1.29 is 24.9 Å². The molecule has 4 saturated carbocycles. The Morgan fingerprint density at radius 1 is 0.974 bits per heavy atom. The molecule has 4 aliphatic rings. The Bertz CT molecular complexity index is 1030. The Morgan fingerprint density at radius 2 is 1.67 bits per heavy atom. The maximum absolute atomic E-state index is 12.8. The molecule has 216 valence electrons. The molecule has 4 N–H and O–H groups in total. The van der Waals surface area contributed by atoms with Crippen molar-refractivity contribution in [1.82, 2.24) is 5.32 Å². The Labute approximate surface area is 234 Å². The van der Waals surface area contributed by atoms with E-state index in [9.17, 15) is 24.9 Å². The maximum Gasteiger partial charge on any atom is 0.326 e. The average Bonchev–Trinajstić information content (AvgIpc) is 3.25. The summed E-state index contributed by atoms with van der Waals surface area (Å²) < 4.78 is 0. The summed E-state index contributed by atoms with van der Waals surface area (Å²) in [6, 6.07) is 8.51. The van der Waals surface area contributed by atoms with Crippen LogP contribution in [0.15, 0.2) is 30.3 Å². The molecule has 39 heavy (non-hydrogen) atoms. The Balaban J connectivity index is 1.20. The van der Waals surface area contributed by atoms with E-state index < -0.39 is 12.0 Å². The quantitative estimate of drug-likeness (QED) is 0.363. The van der Waals surface area contributed by atoms with Crippen LogP contribution in [0.25, 0.3) is 0 Å². The zero-order valence-corrected chi connectivity index (χ0v) is 24.0. The van der Waals surface area contributed by atoms with Crippen LogP contribution in [-0.2, 0) is 16.0 Å². The summed E-state index contributed by atoms with van der Waals surface area (Å²) in [6.45, 7) is 7.17. The van der Waals surface area contributed by atoms with Gasteiger partial charge in [-0.3, -0.25) is 4.79 Å². The number of aliphatic hydroxyl groups is 2. The van der Waals surface area contributed by atoms with Gasteiger partial charge >= 0.3 is 5.97 Å². The number of carbonyl (C=O) groups excluding carboxylic acids is 1. The number of carboxylic acid groups (broad SMARTS) is 1. The molecule has 1 aromatic carbocycles. The van der Waals surface area contributed by atoms with Gasteiger partial charge in [-0.15, -0.1) is 0 Å². The van der Waals surface area contributed by atoms with Gasteiger partial charge in [0.2, 0.25) is 5.91 Å². The minimum atomic E-state index is -1.00. The second kappa shape index (κ2) is 11.2. The third-order valence-corrected chi connectivity index (χ3v) is 12.2. The van der Waals surface area contributed by atoms with Gasteiger partial charge in [0.25, 0.3) is 0 Å². The molecule has 0 bridgehead atoms. The van der Waals surface area contributed by atoms with Crippen LogP contribution in [0.2, 0.25) is 0 Å². The van der Waals surface area contributed by atoms with Gasteiger partial charge in [-0.2, -0.15) is 0 Å². The Hall–Kier alpha value is -1.92. The number of hydrogen-bond acceptors (Lipinski definition) is 4. The Morgan fingerprint density at radius 3 is 2.38 bits per heavy atom. The van der Waals surface area contributed by atoms with E-state index in [1.807, 2.05) is 30.3 Å². The molecule has 4 fully saturated rings. The van der Waals surface area contributed by atoms with E-state index in [0.29, 0.717) is 41.9 Å². The van der Waals surface area contributed by atoms with Gasteiger partial charge in [-0.05, 0) is 110 Å². The second-order valence-corrected chi connectivity index (χ2v) is 14.1. The van der Waals surface area contributed by atoms with Gasteiger partial charge in [-0.25, -0.2) is 4.79 Å². The van der Waals surface area contributed by atoms with Crippen molar-refractivity contribution in [2.45, 2.75) is 110 Å². The van der Waals surface area contributed by atoms with Gasteiger partial charge in [0.15, 0.2) is 0 Å². The summed E-state index contributed by atoms with van der Waals surface area (Å²) in [4.78, 5) is 24.6. The first kappa shape index (κ1) is 28.6. The van der Waals surface area contributed by atoms with Crippen LogP contribution >= 0.6 is 0 Å². The lowest BCUT2D eigenvalue weighted by Crippen LogP contribution is -2.58. The first-order valence-corrected chi connectivity index (χ1v) is 15.4. The van der Waals surface area contributed by atoms with Crippen LogP contribution in [0, 0.1) is 46.3 Å². The Kier molecular flexibility index (Phi) is 8.18. The SMILES string of the molecule is C[C@H](CCC(=O)N[C@@H](Cc1ccccc1)C(=O)O)[C@H]1CC[C@H]2[C@@H]3[C@H](O)C[C@@H]4C[C@H](O)CC[C@]4(C)[C@H]3CC[C@]12C. The first-order valence-electron chi connectivity index (χ1n) is 15.4. The lowest BCUT2D eigenvalue weighted by Gasteiger charge is -2.62. The number of carbonyl (C=O) groups is 2. The number of hydrogen-bond donors (Lipinski definition) is 4.